The number of aromatic amines is 1. The third-order valence-corrected chi connectivity index (χ3v) is 10.0. The third kappa shape index (κ3) is 10.6. The summed E-state index contributed by atoms with van der Waals surface area (Å²) in [5.41, 5.74) is 2.22. The van der Waals surface area contributed by atoms with Gasteiger partial charge >= 0.3 is 0 Å². The molecule has 2 aliphatic heterocycles. The van der Waals surface area contributed by atoms with E-state index in [4.69, 9.17) is 0 Å². The standard InChI is InChI=1S/C38H48N8O7S/c1-21(2)15-27-34(49)41-26(13-14-54-3)33(48)45-30-18-32(47)40-20-31(38(53)42-27)46-35(50)28(16-22-9-5-4-6-10-22)43-36(51)29(44-37(30)52)17-23-19-39-25-12-8-7-11-24(23)25/h4-12,19,21,26-31,39H,13-18,20H2,1-3H3,(H,40,47)(H,41,49)(H,42,53)(H,43,51)(H,44,52)(H,45,48)(H,46,50)/t26-,27-,28?,29-,30-,31+/m0/s1. The number of H-pyrrole nitrogens is 1. The lowest BCUT2D eigenvalue weighted by Crippen LogP contribution is -2.64. The number of hydrogen-bond donors (Lipinski definition) is 8. The van der Waals surface area contributed by atoms with E-state index < -0.39 is 90.6 Å². The zero-order chi connectivity index (χ0) is 38.8. The molecule has 2 aromatic carbocycles. The molecule has 288 valence electrons. The fourth-order valence-electron chi connectivity index (χ4n) is 6.52. The highest BCUT2D eigenvalue weighted by molar-refractivity contribution is 7.98. The molecule has 15 nitrogen and oxygen atoms in total. The first kappa shape index (κ1) is 39.8. The van der Waals surface area contributed by atoms with Crippen LogP contribution >= 0.6 is 11.8 Å². The minimum Gasteiger partial charge on any atom is -0.361 e. The van der Waals surface area contributed by atoms with E-state index in [0.717, 1.165) is 10.9 Å². The molecule has 0 aliphatic carbocycles. The van der Waals surface area contributed by atoms with Gasteiger partial charge in [-0.15, -0.1) is 0 Å². The number of para-hydroxylation sites is 1. The lowest BCUT2D eigenvalue weighted by molar-refractivity contribution is -0.138. The number of aromatic nitrogens is 1. The minimum atomic E-state index is -1.47. The molecular formula is C38H48N8O7S. The van der Waals surface area contributed by atoms with E-state index in [1.807, 2.05) is 50.4 Å². The van der Waals surface area contributed by atoms with E-state index >= 15 is 0 Å². The van der Waals surface area contributed by atoms with Gasteiger partial charge in [0.25, 0.3) is 0 Å². The maximum absolute atomic E-state index is 14.3. The summed E-state index contributed by atoms with van der Waals surface area (Å²) in [4.78, 5) is 101. The van der Waals surface area contributed by atoms with Gasteiger partial charge in [0.2, 0.25) is 41.4 Å². The van der Waals surface area contributed by atoms with E-state index in [9.17, 15) is 33.6 Å². The van der Waals surface area contributed by atoms with E-state index in [1.54, 1.807) is 30.5 Å². The van der Waals surface area contributed by atoms with Crippen LogP contribution in [0.15, 0.2) is 60.8 Å². The fourth-order valence-corrected chi connectivity index (χ4v) is 6.99. The Labute approximate surface area is 317 Å². The first-order valence-electron chi connectivity index (χ1n) is 18.1. The molecule has 0 radical (unpaired) electrons. The van der Waals surface area contributed by atoms with Crippen molar-refractivity contribution in [1.29, 1.82) is 0 Å². The van der Waals surface area contributed by atoms with Gasteiger partial charge in [-0.25, -0.2) is 0 Å². The molecule has 0 saturated carbocycles. The molecule has 8 N–H and O–H groups in total. The zero-order valence-electron chi connectivity index (χ0n) is 30.5. The van der Waals surface area contributed by atoms with Crippen LogP contribution in [0.2, 0.25) is 0 Å². The summed E-state index contributed by atoms with van der Waals surface area (Å²) >= 11 is 1.45. The van der Waals surface area contributed by atoms with Crippen LogP contribution in [0.5, 0.6) is 0 Å². The number of hydrogen-bond acceptors (Lipinski definition) is 8. The van der Waals surface area contributed by atoms with Crippen LogP contribution in [-0.4, -0.2) is 101 Å². The summed E-state index contributed by atoms with van der Waals surface area (Å²) in [6, 6.07) is 8.84. The molecule has 2 bridgehead atoms. The van der Waals surface area contributed by atoms with Crippen molar-refractivity contribution in [3.8, 4) is 0 Å². The predicted octanol–water partition coefficient (Wildman–Crippen LogP) is 0.195. The van der Waals surface area contributed by atoms with Crippen molar-refractivity contribution in [3.63, 3.8) is 0 Å². The highest BCUT2D eigenvalue weighted by Gasteiger charge is 2.37. The quantitative estimate of drug-likeness (QED) is 0.150. The molecule has 1 unspecified atom stereocenters. The van der Waals surface area contributed by atoms with Gasteiger partial charge in [0.05, 0.1) is 6.42 Å². The topological polar surface area (TPSA) is 219 Å². The highest BCUT2D eigenvalue weighted by atomic mass is 32.2. The molecule has 7 amide bonds. The molecule has 6 atom stereocenters. The summed E-state index contributed by atoms with van der Waals surface area (Å²) in [6.45, 7) is 3.33. The maximum Gasteiger partial charge on any atom is 0.245 e. The lowest BCUT2D eigenvalue weighted by Gasteiger charge is -2.30. The van der Waals surface area contributed by atoms with E-state index in [2.05, 4.69) is 42.2 Å². The first-order valence-corrected chi connectivity index (χ1v) is 19.5. The molecular weight excluding hydrogens is 713 g/mol. The van der Waals surface area contributed by atoms with Crippen LogP contribution in [0.1, 0.15) is 44.2 Å². The number of fused-ring (bicyclic) bond motifs is 6. The fraction of sp³-hybridized carbons (Fsp3) is 0.447. The number of nitrogens with one attached hydrogen (secondary N) is 8. The van der Waals surface area contributed by atoms with Crippen molar-refractivity contribution in [1.82, 2.24) is 42.2 Å². The van der Waals surface area contributed by atoms with Crippen LogP contribution in [0, 0.1) is 5.92 Å². The monoisotopic (exact) mass is 760 g/mol. The molecule has 0 spiro atoms. The number of thioether (sulfide) groups is 1. The van der Waals surface area contributed by atoms with Crippen LogP contribution in [0.4, 0.5) is 0 Å². The average Bonchev–Trinajstić information content (AvgIpc) is 3.55. The molecule has 2 fully saturated rings. The van der Waals surface area contributed by atoms with E-state index in [-0.39, 0.29) is 31.6 Å². The molecule has 3 aromatic rings. The number of amides is 7. The average molecular weight is 761 g/mol. The smallest absolute Gasteiger partial charge is 0.245 e. The van der Waals surface area contributed by atoms with Gasteiger partial charge in [-0.05, 0) is 48.0 Å². The van der Waals surface area contributed by atoms with Gasteiger partial charge in [-0.2, -0.15) is 11.8 Å². The predicted molar refractivity (Wildman–Crippen MR) is 204 cm³/mol. The lowest BCUT2D eigenvalue weighted by atomic mass is 10.00. The van der Waals surface area contributed by atoms with Crippen LogP contribution in [-0.2, 0) is 46.4 Å². The van der Waals surface area contributed by atoms with E-state index in [0.29, 0.717) is 16.9 Å². The number of carbonyl (C=O) groups excluding carboxylic acids is 7. The van der Waals surface area contributed by atoms with Gasteiger partial charge in [0.1, 0.15) is 36.3 Å². The molecule has 2 aliphatic rings. The number of carbonyl (C=O) groups is 7. The van der Waals surface area contributed by atoms with Crippen molar-refractivity contribution in [3.05, 3.63) is 71.9 Å². The SMILES string of the molecule is CSCC[C@@H]1NC(=O)[C@H](CC(C)C)NC(=O)[C@H]2CNC(=O)C[C@H](NC1=O)C(=O)N[C@@H](Cc1c[nH]c3ccccc13)C(=O)NC(Cc1ccccc1)C(=O)N2. The summed E-state index contributed by atoms with van der Waals surface area (Å²) in [5.74, 6) is -4.59. The second-order valence-electron chi connectivity index (χ2n) is 14.0. The van der Waals surface area contributed by atoms with Gasteiger partial charge in [0, 0.05) is 36.5 Å². The third-order valence-electron chi connectivity index (χ3n) is 9.39. The number of benzene rings is 2. The van der Waals surface area contributed by atoms with Crippen LogP contribution in [0.3, 0.4) is 0 Å². The normalized spacial score (nSPS) is 24.9. The Bertz CT molecular complexity index is 1850. The van der Waals surface area contributed by atoms with Crippen molar-refractivity contribution >= 4 is 64.0 Å². The summed E-state index contributed by atoms with van der Waals surface area (Å²) in [5, 5.41) is 19.8. The van der Waals surface area contributed by atoms with Gasteiger partial charge in [0.15, 0.2) is 0 Å². The highest BCUT2D eigenvalue weighted by Crippen LogP contribution is 2.20. The molecule has 5 rings (SSSR count). The summed E-state index contributed by atoms with van der Waals surface area (Å²) < 4.78 is 0. The Morgan fingerprint density at radius 1 is 0.648 bits per heavy atom. The minimum absolute atomic E-state index is 0.0111. The Kier molecular flexibility index (Phi) is 13.7. The molecule has 2 saturated heterocycles. The molecule has 54 heavy (non-hydrogen) atoms. The van der Waals surface area contributed by atoms with Crippen molar-refractivity contribution in [2.24, 2.45) is 5.92 Å². The molecule has 16 heteroatoms. The Hall–Kier alpha value is -5.38. The van der Waals surface area contributed by atoms with E-state index in [1.165, 1.54) is 11.8 Å². The van der Waals surface area contributed by atoms with Crippen molar-refractivity contribution < 1.29 is 33.6 Å². The van der Waals surface area contributed by atoms with Crippen molar-refractivity contribution in [2.45, 2.75) is 82.2 Å². The summed E-state index contributed by atoms with van der Waals surface area (Å²) in [6.07, 6.45) is 3.42. The van der Waals surface area contributed by atoms with Gasteiger partial charge in [-0.3, -0.25) is 33.6 Å². The maximum atomic E-state index is 14.3. The Balaban J connectivity index is 1.58. The Morgan fingerprint density at radius 2 is 1.22 bits per heavy atom. The molecule has 3 heterocycles. The second-order valence-corrected chi connectivity index (χ2v) is 15.0. The van der Waals surface area contributed by atoms with Gasteiger partial charge in [-0.1, -0.05) is 62.4 Å². The van der Waals surface area contributed by atoms with Crippen LogP contribution in [0.25, 0.3) is 10.9 Å². The van der Waals surface area contributed by atoms with Gasteiger partial charge < -0.3 is 42.2 Å². The number of rotatable bonds is 9. The summed E-state index contributed by atoms with van der Waals surface area (Å²) in [7, 11) is 0. The second kappa shape index (κ2) is 18.6. The molecule has 1 aromatic heterocycles. The zero-order valence-corrected chi connectivity index (χ0v) is 31.3. The largest absolute Gasteiger partial charge is 0.361 e. The Morgan fingerprint density at radius 3 is 1.96 bits per heavy atom. The first-order chi connectivity index (χ1) is 25.9. The van der Waals surface area contributed by atoms with Crippen LogP contribution < -0.4 is 37.2 Å². The van der Waals surface area contributed by atoms with Crippen molar-refractivity contribution in [2.75, 3.05) is 18.6 Å².